The van der Waals surface area contributed by atoms with Crippen LogP contribution in [0.25, 0.3) is 10.2 Å². The molecule has 4 rings (SSSR count). The molecule has 1 aromatic heterocycles. The Morgan fingerprint density at radius 3 is 2.80 bits per heavy atom. The number of carbonyl (C=O) groups is 2. The van der Waals surface area contributed by atoms with Crippen molar-refractivity contribution in [3.63, 3.8) is 0 Å². The number of para-hydroxylation sites is 2. The molecular weight excluding hydrogens is 398 g/mol. The van der Waals surface area contributed by atoms with Crippen molar-refractivity contribution >= 4 is 39.1 Å². The highest BCUT2D eigenvalue weighted by atomic mass is 32.1. The van der Waals surface area contributed by atoms with Crippen LogP contribution in [0.1, 0.15) is 47.6 Å². The zero-order valence-electron chi connectivity index (χ0n) is 17.0. The van der Waals surface area contributed by atoms with E-state index in [1.54, 1.807) is 42.5 Å². The summed E-state index contributed by atoms with van der Waals surface area (Å²) in [5.41, 5.74) is 1.86. The second-order valence-corrected chi connectivity index (χ2v) is 8.38. The fraction of sp³-hybridized carbons (Fsp3) is 0.348. The van der Waals surface area contributed by atoms with Gasteiger partial charge in [0.2, 0.25) is 5.91 Å². The number of nitrogens with one attached hydrogen (secondary N) is 1. The van der Waals surface area contributed by atoms with Crippen LogP contribution in [0.4, 0.5) is 5.69 Å². The molecule has 1 amide bonds. The first kappa shape index (κ1) is 20.5. The number of piperidine rings is 1. The number of thiazole rings is 1. The number of carbonyl (C=O) groups excluding carboxylic acids is 2. The van der Waals surface area contributed by atoms with Gasteiger partial charge in [-0.3, -0.25) is 9.69 Å². The molecule has 0 spiro atoms. The van der Waals surface area contributed by atoms with E-state index >= 15 is 0 Å². The Kier molecular flexibility index (Phi) is 6.40. The number of anilines is 1. The van der Waals surface area contributed by atoms with Gasteiger partial charge < -0.3 is 10.1 Å². The van der Waals surface area contributed by atoms with E-state index in [2.05, 4.69) is 16.3 Å². The Hall–Kier alpha value is -2.77. The monoisotopic (exact) mass is 423 g/mol. The van der Waals surface area contributed by atoms with Gasteiger partial charge >= 0.3 is 5.97 Å². The van der Waals surface area contributed by atoms with Gasteiger partial charge in [-0.2, -0.15) is 0 Å². The highest BCUT2D eigenvalue weighted by Gasteiger charge is 2.28. The van der Waals surface area contributed by atoms with Gasteiger partial charge in [-0.05, 0) is 50.6 Å². The molecule has 0 radical (unpaired) electrons. The molecule has 156 valence electrons. The number of benzene rings is 2. The predicted octanol–water partition coefficient (Wildman–Crippen LogP) is 4.64. The molecule has 0 unspecified atom stereocenters. The van der Waals surface area contributed by atoms with E-state index in [0.717, 1.165) is 36.3 Å². The summed E-state index contributed by atoms with van der Waals surface area (Å²) in [5, 5.41) is 3.96. The van der Waals surface area contributed by atoms with Gasteiger partial charge in [0.05, 0.1) is 40.7 Å². The first-order valence-corrected chi connectivity index (χ1v) is 11.1. The maximum atomic E-state index is 12.8. The number of amides is 1. The lowest BCUT2D eigenvalue weighted by Gasteiger charge is -2.33. The Balaban J connectivity index is 1.48. The average Bonchev–Trinajstić information content (AvgIpc) is 3.18. The molecule has 1 atom stereocenters. The standard InChI is InChI=1S/C23H25N3O3S/c1-2-29-23(28)16-9-3-4-10-17(16)24-21(27)15-26-14-8-7-12-19(26)22-25-18-11-5-6-13-20(18)30-22/h3-6,9-11,13,19H,2,7-8,12,14-15H2,1H3,(H,24,27)/t19-/m0/s1. The van der Waals surface area contributed by atoms with Crippen LogP contribution in [0.3, 0.4) is 0 Å². The van der Waals surface area contributed by atoms with Gasteiger partial charge in [0.25, 0.3) is 0 Å². The second-order valence-electron chi connectivity index (χ2n) is 7.32. The zero-order valence-corrected chi connectivity index (χ0v) is 17.8. The van der Waals surface area contributed by atoms with E-state index in [-0.39, 0.29) is 18.5 Å². The molecule has 1 aliphatic heterocycles. The molecular formula is C23H25N3O3S. The highest BCUT2D eigenvalue weighted by Crippen LogP contribution is 2.35. The van der Waals surface area contributed by atoms with E-state index in [0.29, 0.717) is 17.9 Å². The summed E-state index contributed by atoms with van der Waals surface area (Å²) in [6.45, 7) is 3.17. The van der Waals surface area contributed by atoms with Gasteiger partial charge in [-0.15, -0.1) is 11.3 Å². The minimum Gasteiger partial charge on any atom is -0.462 e. The van der Waals surface area contributed by atoms with Crippen molar-refractivity contribution in [2.75, 3.05) is 25.0 Å². The van der Waals surface area contributed by atoms with Gasteiger partial charge in [-0.1, -0.05) is 30.7 Å². The molecule has 0 bridgehead atoms. The van der Waals surface area contributed by atoms with Crippen molar-refractivity contribution in [2.45, 2.75) is 32.2 Å². The summed E-state index contributed by atoms with van der Waals surface area (Å²) < 4.78 is 6.27. The molecule has 6 nitrogen and oxygen atoms in total. The molecule has 1 aliphatic rings. The first-order valence-electron chi connectivity index (χ1n) is 10.3. The van der Waals surface area contributed by atoms with Gasteiger partial charge in [-0.25, -0.2) is 9.78 Å². The number of ether oxygens (including phenoxy) is 1. The fourth-order valence-corrected chi connectivity index (χ4v) is 4.98. The van der Waals surface area contributed by atoms with Crippen molar-refractivity contribution in [3.8, 4) is 0 Å². The molecule has 1 fully saturated rings. The number of aromatic nitrogens is 1. The molecule has 30 heavy (non-hydrogen) atoms. The third-order valence-corrected chi connectivity index (χ3v) is 6.39. The van der Waals surface area contributed by atoms with Crippen LogP contribution in [0.2, 0.25) is 0 Å². The number of esters is 1. The van der Waals surface area contributed by atoms with Crippen LogP contribution in [0, 0.1) is 0 Å². The molecule has 2 aromatic carbocycles. The topological polar surface area (TPSA) is 71.5 Å². The van der Waals surface area contributed by atoms with Crippen LogP contribution < -0.4 is 5.32 Å². The van der Waals surface area contributed by atoms with Crippen molar-refractivity contribution in [1.82, 2.24) is 9.88 Å². The number of hydrogen-bond acceptors (Lipinski definition) is 6. The Morgan fingerprint density at radius 1 is 1.17 bits per heavy atom. The van der Waals surface area contributed by atoms with Gasteiger partial charge in [0.15, 0.2) is 0 Å². The minimum atomic E-state index is -0.432. The number of nitrogens with zero attached hydrogens (tertiary/aromatic N) is 2. The predicted molar refractivity (Wildman–Crippen MR) is 119 cm³/mol. The van der Waals surface area contributed by atoms with Crippen LogP contribution in [0.5, 0.6) is 0 Å². The summed E-state index contributed by atoms with van der Waals surface area (Å²) in [7, 11) is 0. The van der Waals surface area contributed by atoms with E-state index < -0.39 is 5.97 Å². The van der Waals surface area contributed by atoms with Crippen LogP contribution in [-0.2, 0) is 9.53 Å². The molecule has 3 aromatic rings. The number of rotatable bonds is 6. The normalized spacial score (nSPS) is 17.0. The highest BCUT2D eigenvalue weighted by molar-refractivity contribution is 7.18. The summed E-state index contributed by atoms with van der Waals surface area (Å²) in [5.74, 6) is -0.571. The minimum absolute atomic E-state index is 0.139. The molecule has 7 heteroatoms. The van der Waals surface area contributed by atoms with Crippen molar-refractivity contribution in [1.29, 1.82) is 0 Å². The molecule has 2 heterocycles. The quantitative estimate of drug-likeness (QED) is 0.585. The smallest absolute Gasteiger partial charge is 0.340 e. The maximum Gasteiger partial charge on any atom is 0.340 e. The van der Waals surface area contributed by atoms with Crippen molar-refractivity contribution in [3.05, 3.63) is 59.1 Å². The molecule has 0 saturated carbocycles. The largest absolute Gasteiger partial charge is 0.462 e. The number of likely N-dealkylation sites (tertiary alicyclic amines) is 1. The van der Waals surface area contributed by atoms with Gasteiger partial charge in [0, 0.05) is 0 Å². The van der Waals surface area contributed by atoms with E-state index in [1.807, 2.05) is 18.2 Å². The Labute approximate surface area is 179 Å². The Morgan fingerprint density at radius 2 is 1.97 bits per heavy atom. The first-order chi connectivity index (χ1) is 14.7. The van der Waals surface area contributed by atoms with E-state index in [9.17, 15) is 9.59 Å². The lowest BCUT2D eigenvalue weighted by molar-refractivity contribution is -0.118. The van der Waals surface area contributed by atoms with Gasteiger partial charge in [0.1, 0.15) is 5.01 Å². The number of hydrogen-bond donors (Lipinski definition) is 1. The maximum absolute atomic E-state index is 12.8. The molecule has 1 saturated heterocycles. The lowest BCUT2D eigenvalue weighted by Crippen LogP contribution is -2.39. The van der Waals surface area contributed by atoms with E-state index in [4.69, 9.17) is 9.72 Å². The lowest BCUT2D eigenvalue weighted by atomic mass is 10.0. The molecule has 0 aliphatic carbocycles. The van der Waals surface area contributed by atoms with Crippen LogP contribution >= 0.6 is 11.3 Å². The van der Waals surface area contributed by atoms with Crippen LogP contribution in [0.15, 0.2) is 48.5 Å². The summed E-state index contributed by atoms with van der Waals surface area (Å²) in [4.78, 5) is 32.0. The van der Waals surface area contributed by atoms with E-state index in [1.165, 1.54) is 4.70 Å². The number of fused-ring (bicyclic) bond motifs is 1. The zero-order chi connectivity index (χ0) is 20.9. The van der Waals surface area contributed by atoms with Crippen molar-refractivity contribution < 1.29 is 14.3 Å². The van der Waals surface area contributed by atoms with Crippen molar-refractivity contribution in [2.24, 2.45) is 0 Å². The summed E-state index contributed by atoms with van der Waals surface area (Å²) in [6, 6.07) is 15.2. The molecule has 1 N–H and O–H groups in total. The average molecular weight is 424 g/mol. The second kappa shape index (κ2) is 9.36. The third-order valence-electron chi connectivity index (χ3n) is 5.25. The Bertz CT molecular complexity index is 1020. The summed E-state index contributed by atoms with van der Waals surface area (Å²) in [6.07, 6.45) is 3.19. The SMILES string of the molecule is CCOC(=O)c1ccccc1NC(=O)CN1CCCC[C@H]1c1nc2ccccc2s1. The third kappa shape index (κ3) is 4.52. The fourth-order valence-electron chi connectivity index (χ4n) is 3.85. The van der Waals surface area contributed by atoms with Crippen LogP contribution in [-0.4, -0.2) is 41.5 Å². The summed E-state index contributed by atoms with van der Waals surface area (Å²) >= 11 is 1.70.